The van der Waals surface area contributed by atoms with Crippen LogP contribution in [0.15, 0.2) is 24.4 Å². The molecular weight excluding hydrogens is 308 g/mol. The number of hydrogen-bond donors (Lipinski definition) is 1. The number of rotatable bonds is 13. The number of nitrogens with one attached hydrogen (secondary N) is 1. The number of likely N-dealkylation sites (N-methyl/N-ethyl adjacent to an activating group) is 1. The number of aromatic amines is 1. The first-order valence-corrected chi connectivity index (χ1v) is 10.1. The van der Waals surface area contributed by atoms with Gasteiger partial charge in [0, 0.05) is 18.1 Å². The number of ether oxygens (including phenoxy) is 1. The maximum absolute atomic E-state index is 6.06. The number of hydrogen-bond acceptors (Lipinski definition) is 2. The molecule has 0 saturated carbocycles. The molecule has 140 valence electrons. The fraction of sp³-hybridized carbons (Fsp3) is 0.636. The molecule has 0 radical (unpaired) electrons. The number of nitrogens with zero attached hydrogens (tertiary/aromatic N) is 1. The molecule has 0 spiro atoms. The van der Waals surface area contributed by atoms with Gasteiger partial charge in [-0.2, -0.15) is 0 Å². The third-order valence-electron chi connectivity index (χ3n) is 4.85. The molecule has 2 rings (SSSR count). The van der Waals surface area contributed by atoms with Gasteiger partial charge in [-0.15, -0.1) is 0 Å². The monoisotopic (exact) mass is 344 g/mol. The lowest BCUT2D eigenvalue weighted by Gasteiger charge is -2.09. The van der Waals surface area contributed by atoms with Gasteiger partial charge >= 0.3 is 0 Å². The summed E-state index contributed by atoms with van der Waals surface area (Å²) in [4.78, 5) is 5.64. The van der Waals surface area contributed by atoms with E-state index in [2.05, 4.69) is 55.3 Å². The molecule has 0 fully saturated rings. The van der Waals surface area contributed by atoms with E-state index in [1.165, 1.54) is 55.9 Å². The molecular formula is C22H36N2O. The predicted molar refractivity (Wildman–Crippen MR) is 109 cm³/mol. The van der Waals surface area contributed by atoms with Gasteiger partial charge in [0.2, 0.25) is 0 Å². The molecule has 0 aliphatic heterocycles. The zero-order valence-electron chi connectivity index (χ0n) is 16.4. The third kappa shape index (κ3) is 6.74. The van der Waals surface area contributed by atoms with Crippen molar-refractivity contribution in [2.75, 3.05) is 27.2 Å². The molecule has 1 aromatic carbocycles. The van der Waals surface area contributed by atoms with E-state index >= 15 is 0 Å². The van der Waals surface area contributed by atoms with Crippen molar-refractivity contribution in [1.82, 2.24) is 9.88 Å². The van der Waals surface area contributed by atoms with Gasteiger partial charge in [0.1, 0.15) is 5.75 Å². The number of benzene rings is 1. The molecule has 1 N–H and O–H groups in total. The van der Waals surface area contributed by atoms with Gasteiger partial charge in [0.05, 0.1) is 12.1 Å². The van der Waals surface area contributed by atoms with Crippen LogP contribution in [0.3, 0.4) is 0 Å². The Kier molecular flexibility index (Phi) is 8.89. The number of H-pyrrole nitrogens is 1. The fourth-order valence-electron chi connectivity index (χ4n) is 3.27. The highest BCUT2D eigenvalue weighted by atomic mass is 16.5. The molecule has 1 heterocycles. The standard InChI is InChI=1S/C22H36N2O/c1-4-5-6-7-8-9-10-11-17-25-21-14-12-13-20-19(15-16-24(2)3)18-23-22(20)21/h12-14,18,23H,4-11,15-17H2,1-3H3. The largest absolute Gasteiger partial charge is 0.491 e. The zero-order valence-corrected chi connectivity index (χ0v) is 16.4. The minimum Gasteiger partial charge on any atom is -0.491 e. The number of unbranched alkanes of at least 4 members (excludes halogenated alkanes) is 7. The van der Waals surface area contributed by atoms with Crippen LogP contribution in [0.25, 0.3) is 10.9 Å². The van der Waals surface area contributed by atoms with E-state index in [-0.39, 0.29) is 0 Å². The highest BCUT2D eigenvalue weighted by Crippen LogP contribution is 2.27. The molecule has 3 nitrogen and oxygen atoms in total. The lowest BCUT2D eigenvalue weighted by Crippen LogP contribution is -2.14. The zero-order chi connectivity index (χ0) is 17.9. The summed E-state index contributed by atoms with van der Waals surface area (Å²) in [6, 6.07) is 6.39. The Bertz CT molecular complexity index is 603. The number of para-hydroxylation sites is 1. The van der Waals surface area contributed by atoms with Crippen molar-refractivity contribution in [1.29, 1.82) is 0 Å². The van der Waals surface area contributed by atoms with Gasteiger partial charge in [-0.3, -0.25) is 0 Å². The maximum atomic E-state index is 6.06. The Hall–Kier alpha value is -1.48. The summed E-state index contributed by atoms with van der Waals surface area (Å²) >= 11 is 0. The van der Waals surface area contributed by atoms with Crippen LogP contribution in [0.5, 0.6) is 5.75 Å². The maximum Gasteiger partial charge on any atom is 0.143 e. The quantitative estimate of drug-likeness (QED) is 0.466. The second-order valence-corrected chi connectivity index (χ2v) is 7.37. The average Bonchev–Trinajstić information content (AvgIpc) is 3.02. The minimum absolute atomic E-state index is 0.820. The van der Waals surface area contributed by atoms with E-state index < -0.39 is 0 Å². The fourth-order valence-corrected chi connectivity index (χ4v) is 3.27. The molecule has 1 aromatic heterocycles. The summed E-state index contributed by atoms with van der Waals surface area (Å²) in [5, 5.41) is 1.30. The van der Waals surface area contributed by atoms with Crippen LogP contribution in [-0.2, 0) is 6.42 Å². The van der Waals surface area contributed by atoms with Gasteiger partial charge in [-0.1, -0.05) is 64.0 Å². The first-order chi connectivity index (χ1) is 12.2. The lowest BCUT2D eigenvalue weighted by atomic mass is 10.1. The summed E-state index contributed by atoms with van der Waals surface area (Å²) in [5.74, 6) is 0.997. The van der Waals surface area contributed by atoms with Crippen molar-refractivity contribution in [2.45, 2.75) is 64.7 Å². The molecule has 2 aromatic rings. The van der Waals surface area contributed by atoms with Crippen LogP contribution in [0.2, 0.25) is 0 Å². The van der Waals surface area contributed by atoms with Gasteiger partial charge in [-0.05, 0) is 38.6 Å². The first-order valence-electron chi connectivity index (χ1n) is 10.1. The smallest absolute Gasteiger partial charge is 0.143 e. The molecule has 0 atom stereocenters. The summed E-state index contributed by atoms with van der Waals surface area (Å²) in [7, 11) is 4.24. The Morgan fingerprint density at radius 1 is 0.960 bits per heavy atom. The molecule has 3 heteroatoms. The summed E-state index contributed by atoms with van der Waals surface area (Å²) in [5.41, 5.74) is 2.53. The number of aromatic nitrogens is 1. The number of fused-ring (bicyclic) bond motifs is 1. The summed E-state index contributed by atoms with van der Waals surface area (Å²) < 4.78 is 6.06. The van der Waals surface area contributed by atoms with Crippen molar-refractivity contribution in [3.63, 3.8) is 0 Å². The van der Waals surface area contributed by atoms with E-state index in [1.54, 1.807) is 0 Å². The van der Waals surface area contributed by atoms with Gasteiger partial charge in [0.15, 0.2) is 0 Å². The topological polar surface area (TPSA) is 28.3 Å². The SMILES string of the molecule is CCCCCCCCCCOc1cccc2c(CCN(C)C)c[nH]c12. The average molecular weight is 345 g/mol. The van der Waals surface area contributed by atoms with Crippen LogP contribution in [0, 0.1) is 0 Å². The Morgan fingerprint density at radius 2 is 1.68 bits per heavy atom. The second kappa shape index (κ2) is 11.2. The van der Waals surface area contributed by atoms with Gasteiger partial charge < -0.3 is 14.6 Å². The molecule has 0 bridgehead atoms. The van der Waals surface area contributed by atoms with Crippen molar-refractivity contribution in [3.8, 4) is 5.75 Å². The van der Waals surface area contributed by atoms with E-state index in [4.69, 9.17) is 4.74 Å². The van der Waals surface area contributed by atoms with Crippen molar-refractivity contribution < 1.29 is 4.74 Å². The van der Waals surface area contributed by atoms with Crippen LogP contribution < -0.4 is 4.74 Å². The highest BCUT2D eigenvalue weighted by molar-refractivity contribution is 5.88. The van der Waals surface area contributed by atoms with Crippen molar-refractivity contribution in [2.24, 2.45) is 0 Å². The normalized spacial score (nSPS) is 11.5. The Labute approximate surface area is 153 Å². The van der Waals surface area contributed by atoms with Crippen molar-refractivity contribution in [3.05, 3.63) is 30.0 Å². The Morgan fingerprint density at radius 3 is 2.40 bits per heavy atom. The molecule has 0 unspecified atom stereocenters. The van der Waals surface area contributed by atoms with E-state index in [0.29, 0.717) is 0 Å². The predicted octanol–water partition coefficient (Wildman–Crippen LogP) is 5.79. The molecule has 0 saturated heterocycles. The second-order valence-electron chi connectivity index (χ2n) is 7.37. The minimum atomic E-state index is 0.820. The Balaban J connectivity index is 1.74. The molecule has 0 aliphatic rings. The van der Waals surface area contributed by atoms with E-state index in [0.717, 1.165) is 37.3 Å². The summed E-state index contributed by atoms with van der Waals surface area (Å²) in [6.07, 6.45) is 13.9. The third-order valence-corrected chi connectivity index (χ3v) is 4.85. The molecule has 0 amide bonds. The molecule has 0 aliphatic carbocycles. The first kappa shape index (κ1) is 19.8. The summed E-state index contributed by atoms with van der Waals surface area (Å²) in [6.45, 7) is 4.16. The highest BCUT2D eigenvalue weighted by Gasteiger charge is 2.08. The van der Waals surface area contributed by atoms with Crippen LogP contribution in [0.1, 0.15) is 63.9 Å². The lowest BCUT2D eigenvalue weighted by molar-refractivity contribution is 0.307. The van der Waals surface area contributed by atoms with Gasteiger partial charge in [-0.25, -0.2) is 0 Å². The van der Waals surface area contributed by atoms with Gasteiger partial charge in [0.25, 0.3) is 0 Å². The van der Waals surface area contributed by atoms with E-state index in [1.807, 2.05) is 0 Å². The van der Waals surface area contributed by atoms with Crippen LogP contribution >= 0.6 is 0 Å². The van der Waals surface area contributed by atoms with E-state index in [9.17, 15) is 0 Å². The van der Waals surface area contributed by atoms with Crippen molar-refractivity contribution >= 4 is 10.9 Å². The van der Waals surface area contributed by atoms with Crippen LogP contribution in [0.4, 0.5) is 0 Å². The van der Waals surface area contributed by atoms with Crippen LogP contribution in [-0.4, -0.2) is 37.1 Å². The molecule has 25 heavy (non-hydrogen) atoms.